The topological polar surface area (TPSA) is 63.1 Å². The van der Waals surface area contributed by atoms with Crippen LogP contribution < -0.4 is 0 Å². The Morgan fingerprint density at radius 1 is 1.47 bits per heavy atom. The largest absolute Gasteiger partial charge is 0.478 e. The molecule has 0 bridgehead atoms. The average molecular weight is 292 g/mol. The summed E-state index contributed by atoms with van der Waals surface area (Å²) in [4.78, 5) is 21.0. The van der Waals surface area contributed by atoms with Crippen LogP contribution in [0.3, 0.4) is 0 Å². The highest BCUT2D eigenvalue weighted by atomic mass is 32.2. The fourth-order valence-electron chi connectivity index (χ4n) is 1.35. The molecule has 1 N–H and O–H groups in total. The Morgan fingerprint density at radius 2 is 2.32 bits per heavy atom. The maximum Gasteiger partial charge on any atom is 0.328 e. The molecule has 0 radical (unpaired) electrons. The lowest BCUT2D eigenvalue weighted by molar-refractivity contribution is -0.131. The van der Waals surface area contributed by atoms with Gasteiger partial charge in [-0.15, -0.1) is 11.3 Å². The second-order valence-electron chi connectivity index (χ2n) is 3.74. The van der Waals surface area contributed by atoms with Crippen LogP contribution in [0.25, 0.3) is 6.08 Å². The number of carbonyl (C=O) groups is 1. The van der Waals surface area contributed by atoms with Crippen molar-refractivity contribution < 1.29 is 9.90 Å². The summed E-state index contributed by atoms with van der Waals surface area (Å²) in [5, 5.41) is 9.32. The number of aliphatic carboxylic acids is 1. The van der Waals surface area contributed by atoms with E-state index in [-0.39, 0.29) is 0 Å². The van der Waals surface area contributed by atoms with Gasteiger partial charge in [-0.05, 0) is 31.2 Å². The van der Waals surface area contributed by atoms with Gasteiger partial charge in [-0.3, -0.25) is 0 Å². The van der Waals surface area contributed by atoms with Gasteiger partial charge in [0.1, 0.15) is 0 Å². The van der Waals surface area contributed by atoms with E-state index in [1.807, 2.05) is 25.1 Å². The van der Waals surface area contributed by atoms with Gasteiger partial charge in [0.15, 0.2) is 5.16 Å². The minimum atomic E-state index is -0.933. The Bertz CT molecular complexity index is 608. The summed E-state index contributed by atoms with van der Waals surface area (Å²) in [6.45, 7) is 1.94. The first-order valence-electron chi connectivity index (χ1n) is 5.55. The van der Waals surface area contributed by atoms with E-state index < -0.39 is 5.97 Å². The second-order valence-corrected chi connectivity index (χ2v) is 5.89. The summed E-state index contributed by atoms with van der Waals surface area (Å²) in [7, 11) is 0. The normalized spacial score (nSPS) is 11.0. The molecule has 0 aliphatic heterocycles. The third-order valence-corrected chi connectivity index (χ3v) is 4.33. The van der Waals surface area contributed by atoms with Crippen LogP contribution in [0, 0.1) is 6.92 Å². The van der Waals surface area contributed by atoms with Crippen LogP contribution in [-0.2, 0) is 10.5 Å². The molecule has 0 fully saturated rings. The molecule has 2 aromatic heterocycles. The first kappa shape index (κ1) is 13.8. The van der Waals surface area contributed by atoms with Crippen molar-refractivity contribution in [2.24, 2.45) is 0 Å². The van der Waals surface area contributed by atoms with Crippen LogP contribution in [0.2, 0.25) is 0 Å². The summed E-state index contributed by atoms with van der Waals surface area (Å²) in [6.07, 6.45) is 4.50. The number of rotatable bonds is 5. The molecule has 0 aliphatic rings. The molecule has 19 heavy (non-hydrogen) atoms. The average Bonchev–Trinajstić information content (AvgIpc) is 2.82. The molecule has 0 spiro atoms. The Morgan fingerprint density at radius 3 is 3.05 bits per heavy atom. The van der Waals surface area contributed by atoms with Crippen LogP contribution in [0.5, 0.6) is 0 Å². The molecule has 0 aromatic carbocycles. The highest BCUT2D eigenvalue weighted by Crippen LogP contribution is 2.25. The van der Waals surface area contributed by atoms with E-state index in [1.54, 1.807) is 35.4 Å². The molecule has 0 saturated heterocycles. The fraction of sp³-hybridized carbons (Fsp3) is 0.154. The standard InChI is InChI=1S/C13H12N2O2S2/c1-9-6-7-14-13(15-9)18-8-11-3-2-10(19-11)4-5-12(16)17/h2-7H,8H2,1H3,(H,16,17). The number of nitrogens with zero attached hydrogens (tertiary/aromatic N) is 2. The molecular weight excluding hydrogens is 280 g/mol. The van der Waals surface area contributed by atoms with Gasteiger partial charge in [-0.25, -0.2) is 14.8 Å². The molecule has 0 saturated carbocycles. The molecule has 0 atom stereocenters. The van der Waals surface area contributed by atoms with Gasteiger partial charge in [0.05, 0.1) is 0 Å². The van der Waals surface area contributed by atoms with E-state index in [1.165, 1.54) is 4.88 Å². The third kappa shape index (κ3) is 4.50. The van der Waals surface area contributed by atoms with Gasteiger partial charge in [0.25, 0.3) is 0 Å². The van der Waals surface area contributed by atoms with Crippen LogP contribution in [-0.4, -0.2) is 21.0 Å². The number of hydrogen-bond acceptors (Lipinski definition) is 5. The summed E-state index contributed by atoms with van der Waals surface area (Å²) >= 11 is 3.14. The molecular formula is C13H12N2O2S2. The Labute approximate surface area is 119 Å². The van der Waals surface area contributed by atoms with Crippen LogP contribution in [0.1, 0.15) is 15.4 Å². The van der Waals surface area contributed by atoms with Crippen molar-refractivity contribution in [2.45, 2.75) is 17.8 Å². The van der Waals surface area contributed by atoms with E-state index in [4.69, 9.17) is 5.11 Å². The number of thioether (sulfide) groups is 1. The predicted molar refractivity (Wildman–Crippen MR) is 77.3 cm³/mol. The predicted octanol–water partition coefficient (Wildman–Crippen LogP) is 3.24. The maximum atomic E-state index is 10.4. The lowest BCUT2D eigenvalue weighted by Gasteiger charge is -1.98. The highest BCUT2D eigenvalue weighted by Gasteiger charge is 2.02. The summed E-state index contributed by atoms with van der Waals surface area (Å²) < 4.78 is 0. The zero-order chi connectivity index (χ0) is 13.7. The van der Waals surface area contributed by atoms with Gasteiger partial charge in [-0.2, -0.15) is 0 Å². The van der Waals surface area contributed by atoms with Gasteiger partial charge >= 0.3 is 5.97 Å². The zero-order valence-electron chi connectivity index (χ0n) is 10.2. The van der Waals surface area contributed by atoms with Crippen molar-refractivity contribution >= 4 is 35.1 Å². The molecule has 2 aromatic rings. The van der Waals surface area contributed by atoms with Crippen molar-refractivity contribution in [1.29, 1.82) is 0 Å². The van der Waals surface area contributed by atoms with Gasteiger partial charge in [0, 0.05) is 33.5 Å². The van der Waals surface area contributed by atoms with E-state index >= 15 is 0 Å². The third-order valence-electron chi connectivity index (χ3n) is 2.19. The summed E-state index contributed by atoms with van der Waals surface area (Å²) in [6, 6.07) is 5.77. The van der Waals surface area contributed by atoms with Crippen LogP contribution in [0.15, 0.2) is 35.6 Å². The quantitative estimate of drug-likeness (QED) is 0.521. The number of aromatic nitrogens is 2. The molecule has 2 rings (SSSR count). The van der Waals surface area contributed by atoms with Gasteiger partial charge in [0.2, 0.25) is 0 Å². The maximum absolute atomic E-state index is 10.4. The molecule has 4 nitrogen and oxygen atoms in total. The SMILES string of the molecule is Cc1ccnc(SCc2ccc(C=CC(=O)O)s2)n1. The lowest BCUT2D eigenvalue weighted by atomic mass is 10.4. The Balaban J connectivity index is 1.95. The fourth-order valence-corrected chi connectivity index (χ4v) is 3.18. The Hall–Kier alpha value is -1.66. The molecule has 98 valence electrons. The molecule has 0 amide bonds. The van der Waals surface area contributed by atoms with Crippen LogP contribution >= 0.6 is 23.1 Å². The summed E-state index contributed by atoms with van der Waals surface area (Å²) in [5.74, 6) is -0.146. The molecule has 0 unspecified atom stereocenters. The minimum absolute atomic E-state index is 0.760. The van der Waals surface area contributed by atoms with Crippen molar-refractivity contribution in [2.75, 3.05) is 0 Å². The van der Waals surface area contributed by atoms with E-state index in [2.05, 4.69) is 9.97 Å². The molecule has 2 heterocycles. The smallest absolute Gasteiger partial charge is 0.328 e. The van der Waals surface area contributed by atoms with Crippen molar-refractivity contribution in [3.05, 3.63) is 45.9 Å². The number of carboxylic acid groups (broad SMARTS) is 1. The highest BCUT2D eigenvalue weighted by molar-refractivity contribution is 7.98. The van der Waals surface area contributed by atoms with Gasteiger partial charge in [-0.1, -0.05) is 11.8 Å². The van der Waals surface area contributed by atoms with E-state index in [9.17, 15) is 4.79 Å². The van der Waals surface area contributed by atoms with Gasteiger partial charge < -0.3 is 5.11 Å². The number of hydrogen-bond donors (Lipinski definition) is 1. The number of thiophene rings is 1. The van der Waals surface area contributed by atoms with E-state index in [0.717, 1.165) is 27.6 Å². The van der Waals surface area contributed by atoms with Crippen molar-refractivity contribution in [3.63, 3.8) is 0 Å². The Kier molecular flexibility index (Phi) is 4.70. The van der Waals surface area contributed by atoms with E-state index in [0.29, 0.717) is 0 Å². The van der Waals surface area contributed by atoms with Crippen LogP contribution in [0.4, 0.5) is 0 Å². The lowest BCUT2D eigenvalue weighted by Crippen LogP contribution is -1.88. The zero-order valence-corrected chi connectivity index (χ0v) is 11.9. The second kappa shape index (κ2) is 6.49. The first-order valence-corrected chi connectivity index (χ1v) is 7.36. The van der Waals surface area contributed by atoms with Crippen molar-refractivity contribution in [1.82, 2.24) is 9.97 Å². The number of aryl methyl sites for hydroxylation is 1. The number of carboxylic acids is 1. The van der Waals surface area contributed by atoms with Crippen molar-refractivity contribution in [3.8, 4) is 0 Å². The minimum Gasteiger partial charge on any atom is -0.478 e. The summed E-state index contributed by atoms with van der Waals surface area (Å²) in [5.41, 5.74) is 0.953. The first-order chi connectivity index (χ1) is 9.13. The molecule has 6 heteroatoms. The monoisotopic (exact) mass is 292 g/mol. The molecule has 0 aliphatic carbocycles.